The second kappa shape index (κ2) is 7.06. The number of hydrogen-bond acceptors (Lipinski definition) is 3. The molecule has 7 heteroatoms. The fraction of sp³-hybridized carbons (Fsp3) is 0. The highest BCUT2D eigenvalue weighted by Gasteiger charge is 1.83. The average molecular weight is 176 g/mol. The molecule has 0 saturated carbocycles. The van der Waals surface area contributed by atoms with Crippen LogP contribution in [-0.4, -0.2) is 28.2 Å². The molecule has 68 valence electrons. The van der Waals surface area contributed by atoms with Gasteiger partial charge in [0, 0.05) is 12.2 Å². The van der Waals surface area contributed by atoms with Crippen LogP contribution in [0.3, 0.4) is 0 Å². The van der Waals surface area contributed by atoms with Crippen LogP contribution >= 0.6 is 0 Å². The molecule has 0 saturated heterocycles. The zero-order valence-corrected chi connectivity index (χ0v) is 5.93. The highest BCUT2D eigenvalue weighted by Crippen LogP contribution is 1.65. The summed E-state index contributed by atoms with van der Waals surface area (Å²) >= 11 is 0. The highest BCUT2D eigenvalue weighted by atomic mass is 16.6. The van der Waals surface area contributed by atoms with Crippen molar-refractivity contribution in [2.45, 2.75) is 0 Å². The minimum atomic E-state index is -1.83. The zero-order valence-electron chi connectivity index (χ0n) is 5.93. The topological polar surface area (TPSA) is 144 Å². The molecule has 0 aromatic rings. The van der Waals surface area contributed by atoms with E-state index >= 15 is 0 Å². The van der Waals surface area contributed by atoms with Crippen molar-refractivity contribution in [3.63, 3.8) is 0 Å². The van der Waals surface area contributed by atoms with E-state index in [0.717, 1.165) is 12.2 Å². The second-order valence-corrected chi connectivity index (χ2v) is 1.42. The van der Waals surface area contributed by atoms with Gasteiger partial charge in [0.1, 0.15) is 0 Å². The summed E-state index contributed by atoms with van der Waals surface area (Å²) in [6.45, 7) is 0. The Hall–Kier alpha value is -2.05. The minimum absolute atomic E-state index is 0.677. The molecule has 0 radical (unpaired) electrons. The largest absolute Gasteiger partial charge is 0.503 e. The molecule has 0 unspecified atom stereocenters. The molecule has 0 aliphatic heterocycles. The number of amides is 2. The van der Waals surface area contributed by atoms with Gasteiger partial charge in [-0.3, -0.25) is 9.59 Å². The van der Waals surface area contributed by atoms with Crippen molar-refractivity contribution in [1.29, 1.82) is 0 Å². The third-order valence-corrected chi connectivity index (χ3v) is 0.412. The van der Waals surface area contributed by atoms with Crippen LogP contribution in [0.4, 0.5) is 4.79 Å². The molecule has 0 bridgehead atoms. The molecule has 0 fully saturated rings. The lowest BCUT2D eigenvalue weighted by molar-refractivity contribution is -0.115. The van der Waals surface area contributed by atoms with Gasteiger partial charge in [-0.25, -0.2) is 4.79 Å². The maximum Gasteiger partial charge on any atom is 0.503 e. The van der Waals surface area contributed by atoms with Gasteiger partial charge in [0.2, 0.25) is 11.8 Å². The number of primary amides is 2. The fourth-order valence-electron chi connectivity index (χ4n) is 0.164. The van der Waals surface area contributed by atoms with Crippen LogP contribution < -0.4 is 11.5 Å². The SMILES string of the molecule is NC(=O)/C=C\C(N)=O.O=C(O)O. The van der Waals surface area contributed by atoms with E-state index in [1.807, 2.05) is 0 Å². The molecule has 0 aromatic carbocycles. The summed E-state index contributed by atoms with van der Waals surface area (Å²) in [7, 11) is 0. The maximum absolute atomic E-state index is 9.83. The molecule has 0 spiro atoms. The Morgan fingerprint density at radius 1 is 0.917 bits per heavy atom. The third-order valence-electron chi connectivity index (χ3n) is 0.412. The van der Waals surface area contributed by atoms with Crippen LogP contribution in [0, 0.1) is 0 Å². The Morgan fingerprint density at radius 3 is 1.17 bits per heavy atom. The van der Waals surface area contributed by atoms with E-state index in [-0.39, 0.29) is 0 Å². The first kappa shape index (κ1) is 12.6. The minimum Gasteiger partial charge on any atom is -0.450 e. The summed E-state index contributed by atoms with van der Waals surface area (Å²) in [6, 6.07) is 0. The van der Waals surface area contributed by atoms with E-state index in [2.05, 4.69) is 11.5 Å². The summed E-state index contributed by atoms with van der Waals surface area (Å²) in [4.78, 5) is 28.2. The Kier molecular flexibility index (Phi) is 7.42. The molecular formula is C5H8N2O5. The number of carboxylic acid groups (broad SMARTS) is 2. The lowest BCUT2D eigenvalue weighted by Crippen LogP contribution is -2.10. The molecule has 0 aliphatic rings. The van der Waals surface area contributed by atoms with Gasteiger partial charge in [0.15, 0.2) is 0 Å². The molecule has 0 aromatic heterocycles. The van der Waals surface area contributed by atoms with E-state index < -0.39 is 18.0 Å². The molecular weight excluding hydrogens is 168 g/mol. The Labute approximate surface area is 67.3 Å². The predicted octanol–water partition coefficient (Wildman–Crippen LogP) is -1.26. The molecule has 0 atom stereocenters. The lowest BCUT2D eigenvalue weighted by atomic mass is 10.5. The van der Waals surface area contributed by atoms with Crippen molar-refractivity contribution in [3.8, 4) is 0 Å². The van der Waals surface area contributed by atoms with Crippen molar-refractivity contribution in [2.24, 2.45) is 11.5 Å². The Bertz CT molecular complexity index is 190. The molecule has 12 heavy (non-hydrogen) atoms. The Morgan fingerprint density at radius 2 is 1.08 bits per heavy atom. The first-order chi connectivity index (χ1) is 5.36. The van der Waals surface area contributed by atoms with Gasteiger partial charge in [-0.15, -0.1) is 0 Å². The average Bonchev–Trinajstić information content (AvgIpc) is 1.82. The highest BCUT2D eigenvalue weighted by molar-refractivity contribution is 5.95. The van der Waals surface area contributed by atoms with Gasteiger partial charge in [-0.05, 0) is 0 Å². The Balaban J connectivity index is 0. The summed E-state index contributed by atoms with van der Waals surface area (Å²) in [6.07, 6.45) is -0.0231. The normalized spacial score (nSPS) is 8.33. The van der Waals surface area contributed by atoms with Gasteiger partial charge in [-0.2, -0.15) is 0 Å². The molecule has 6 N–H and O–H groups in total. The summed E-state index contributed by atoms with van der Waals surface area (Å²) in [5, 5.41) is 13.9. The van der Waals surface area contributed by atoms with Gasteiger partial charge < -0.3 is 21.7 Å². The number of rotatable bonds is 2. The molecule has 0 rings (SSSR count). The molecule has 0 heterocycles. The quantitative estimate of drug-likeness (QED) is 0.388. The van der Waals surface area contributed by atoms with Crippen LogP contribution in [0.1, 0.15) is 0 Å². The number of nitrogens with two attached hydrogens (primary N) is 2. The summed E-state index contributed by atoms with van der Waals surface area (Å²) in [5.41, 5.74) is 9.21. The van der Waals surface area contributed by atoms with Gasteiger partial charge >= 0.3 is 6.16 Å². The van der Waals surface area contributed by atoms with Crippen LogP contribution in [0.2, 0.25) is 0 Å². The van der Waals surface area contributed by atoms with E-state index in [1.54, 1.807) is 0 Å². The van der Waals surface area contributed by atoms with E-state index in [1.165, 1.54) is 0 Å². The van der Waals surface area contributed by atoms with Crippen LogP contribution in [0.15, 0.2) is 12.2 Å². The summed E-state index contributed by atoms with van der Waals surface area (Å²) in [5.74, 6) is -1.35. The van der Waals surface area contributed by atoms with Crippen LogP contribution in [-0.2, 0) is 9.59 Å². The van der Waals surface area contributed by atoms with E-state index in [0.29, 0.717) is 0 Å². The van der Waals surface area contributed by atoms with Crippen molar-refractivity contribution in [2.75, 3.05) is 0 Å². The first-order valence-electron chi connectivity index (χ1n) is 2.55. The first-order valence-corrected chi connectivity index (χ1v) is 2.55. The van der Waals surface area contributed by atoms with Gasteiger partial charge in [0.25, 0.3) is 0 Å². The van der Waals surface area contributed by atoms with E-state index in [9.17, 15) is 9.59 Å². The van der Waals surface area contributed by atoms with Crippen LogP contribution in [0.25, 0.3) is 0 Å². The molecule has 7 nitrogen and oxygen atoms in total. The summed E-state index contributed by atoms with van der Waals surface area (Å²) < 4.78 is 0. The van der Waals surface area contributed by atoms with E-state index in [4.69, 9.17) is 15.0 Å². The van der Waals surface area contributed by atoms with Crippen molar-refractivity contribution in [3.05, 3.63) is 12.2 Å². The number of carbonyl (C=O) groups is 3. The van der Waals surface area contributed by atoms with Crippen molar-refractivity contribution in [1.82, 2.24) is 0 Å². The zero-order chi connectivity index (χ0) is 10.1. The smallest absolute Gasteiger partial charge is 0.450 e. The second-order valence-electron chi connectivity index (χ2n) is 1.42. The number of hydrogen-bond donors (Lipinski definition) is 4. The number of carbonyl (C=O) groups excluding carboxylic acids is 2. The lowest BCUT2D eigenvalue weighted by Gasteiger charge is -1.76. The molecule has 2 amide bonds. The van der Waals surface area contributed by atoms with Gasteiger partial charge in [-0.1, -0.05) is 0 Å². The maximum atomic E-state index is 9.83. The monoisotopic (exact) mass is 176 g/mol. The van der Waals surface area contributed by atoms with Crippen LogP contribution in [0.5, 0.6) is 0 Å². The fourth-order valence-corrected chi connectivity index (χ4v) is 0.164. The predicted molar refractivity (Wildman–Crippen MR) is 38.2 cm³/mol. The molecule has 0 aliphatic carbocycles. The van der Waals surface area contributed by atoms with Crippen molar-refractivity contribution >= 4 is 18.0 Å². The van der Waals surface area contributed by atoms with Crippen molar-refractivity contribution < 1.29 is 24.6 Å². The van der Waals surface area contributed by atoms with Gasteiger partial charge in [0.05, 0.1) is 0 Å². The third kappa shape index (κ3) is 44.1. The standard InChI is InChI=1S/C4H6N2O2.CH2O3/c5-3(7)1-2-4(6)8;2-1(3)4/h1-2H,(H2,5,7)(H2,6,8);(H2,2,3,4)/b2-1-;.